The second-order valence-electron chi connectivity index (χ2n) is 1.82. The van der Waals surface area contributed by atoms with Gasteiger partial charge in [-0.15, -0.1) is 0 Å². The molecule has 0 aliphatic heterocycles. The minimum absolute atomic E-state index is 0.144. The molecule has 0 saturated heterocycles. The highest BCUT2D eigenvalue weighted by molar-refractivity contribution is 5.96. The van der Waals surface area contributed by atoms with E-state index in [9.17, 15) is 29.7 Å². The van der Waals surface area contributed by atoms with Gasteiger partial charge in [-0.1, -0.05) is 0 Å². The summed E-state index contributed by atoms with van der Waals surface area (Å²) in [5, 5.41) is 29.7. The third-order valence-electron chi connectivity index (χ3n) is 0.889. The molecule has 6 heteroatoms. The number of hydrogen-bond donors (Lipinski definition) is 0. The van der Waals surface area contributed by atoms with E-state index in [1.165, 1.54) is 0 Å². The van der Waals surface area contributed by atoms with Gasteiger partial charge in [0.25, 0.3) is 0 Å². The molecule has 0 aromatic rings. The molecular formula is C6H3O6-3. The Morgan fingerprint density at radius 2 is 1.58 bits per heavy atom. The SMILES string of the molecule is O=C([O-])/C=C(\CC(=O)[O-])C(=O)[O-]. The normalized spacial score (nSPS) is 10.8. The molecule has 6 nitrogen and oxygen atoms in total. The smallest absolute Gasteiger partial charge is 0.0679 e. The first kappa shape index (κ1) is 10.2. The molecule has 0 aromatic heterocycles. The van der Waals surface area contributed by atoms with Gasteiger partial charge in [-0.2, -0.15) is 0 Å². The summed E-state index contributed by atoms with van der Waals surface area (Å²) < 4.78 is 0. The largest absolute Gasteiger partial charge is 0.550 e. The molecule has 0 atom stereocenters. The Hall–Kier alpha value is -1.85. The highest BCUT2D eigenvalue weighted by Crippen LogP contribution is 1.97. The van der Waals surface area contributed by atoms with Crippen molar-refractivity contribution in [2.24, 2.45) is 0 Å². The van der Waals surface area contributed by atoms with E-state index in [-0.39, 0.29) is 6.08 Å². The maximum atomic E-state index is 10.0. The Labute approximate surface area is 66.7 Å². The standard InChI is InChI=1S/C6H6O6/c7-4(8)1-3(6(11)12)2-5(9)10/h1H,2H2,(H,7,8)(H,9,10)(H,11,12)/p-3/b3-1+. The van der Waals surface area contributed by atoms with E-state index in [0.29, 0.717) is 0 Å². The number of aliphatic carboxylic acids is 3. The Balaban J connectivity index is 4.55. The van der Waals surface area contributed by atoms with Crippen LogP contribution in [-0.2, 0) is 14.4 Å². The minimum atomic E-state index is -1.87. The fourth-order valence-corrected chi connectivity index (χ4v) is 0.480. The second-order valence-corrected chi connectivity index (χ2v) is 1.82. The van der Waals surface area contributed by atoms with Crippen LogP contribution in [-0.4, -0.2) is 17.9 Å². The molecule has 0 aromatic carbocycles. The lowest BCUT2D eigenvalue weighted by molar-refractivity contribution is -0.310. The van der Waals surface area contributed by atoms with Crippen LogP contribution in [0.4, 0.5) is 0 Å². The van der Waals surface area contributed by atoms with Gasteiger partial charge in [0.2, 0.25) is 0 Å². The zero-order valence-corrected chi connectivity index (χ0v) is 5.73. The number of carbonyl (C=O) groups is 3. The van der Waals surface area contributed by atoms with Crippen LogP contribution >= 0.6 is 0 Å². The lowest BCUT2D eigenvalue weighted by atomic mass is 10.2. The monoisotopic (exact) mass is 171 g/mol. The third kappa shape index (κ3) is 4.04. The Kier molecular flexibility index (Phi) is 3.48. The van der Waals surface area contributed by atoms with E-state index >= 15 is 0 Å². The van der Waals surface area contributed by atoms with Crippen molar-refractivity contribution in [1.82, 2.24) is 0 Å². The topological polar surface area (TPSA) is 120 Å². The van der Waals surface area contributed by atoms with Crippen LogP contribution in [0.3, 0.4) is 0 Å². The Bertz CT molecular complexity index is 251. The van der Waals surface area contributed by atoms with Crippen molar-refractivity contribution in [2.75, 3.05) is 0 Å². The van der Waals surface area contributed by atoms with Gasteiger partial charge in [0.05, 0.1) is 11.9 Å². The molecule has 66 valence electrons. The fourth-order valence-electron chi connectivity index (χ4n) is 0.480. The molecule has 12 heavy (non-hydrogen) atoms. The van der Waals surface area contributed by atoms with Gasteiger partial charge in [0.15, 0.2) is 0 Å². The number of rotatable bonds is 4. The van der Waals surface area contributed by atoms with Gasteiger partial charge in [0.1, 0.15) is 0 Å². The molecule has 0 spiro atoms. The van der Waals surface area contributed by atoms with Crippen LogP contribution < -0.4 is 15.3 Å². The van der Waals surface area contributed by atoms with Crippen molar-refractivity contribution >= 4 is 17.9 Å². The third-order valence-corrected chi connectivity index (χ3v) is 0.889. The zero-order chi connectivity index (χ0) is 9.72. The van der Waals surface area contributed by atoms with Gasteiger partial charge < -0.3 is 29.7 Å². The van der Waals surface area contributed by atoms with E-state index in [4.69, 9.17) is 0 Å². The molecular weight excluding hydrogens is 168 g/mol. The molecule has 0 aliphatic rings. The summed E-state index contributed by atoms with van der Waals surface area (Å²) in [5.41, 5.74) is -0.894. The Morgan fingerprint density at radius 1 is 1.08 bits per heavy atom. The number of carboxylic acid groups (broad SMARTS) is 3. The van der Waals surface area contributed by atoms with Crippen molar-refractivity contribution in [2.45, 2.75) is 6.42 Å². The van der Waals surface area contributed by atoms with Gasteiger partial charge in [-0.25, -0.2) is 0 Å². The summed E-state index contributed by atoms with van der Waals surface area (Å²) in [4.78, 5) is 29.7. The molecule has 0 saturated carbocycles. The maximum Gasteiger partial charge on any atom is 0.0679 e. The van der Waals surface area contributed by atoms with Crippen LogP contribution in [0.2, 0.25) is 0 Å². The van der Waals surface area contributed by atoms with Crippen molar-refractivity contribution in [3.05, 3.63) is 11.6 Å². The van der Waals surface area contributed by atoms with Crippen molar-refractivity contribution < 1.29 is 29.7 Å². The van der Waals surface area contributed by atoms with Gasteiger partial charge >= 0.3 is 0 Å². The molecule has 0 unspecified atom stereocenters. The second kappa shape index (κ2) is 4.12. The van der Waals surface area contributed by atoms with Gasteiger partial charge in [-0.05, 0) is 11.6 Å². The van der Waals surface area contributed by atoms with Crippen LogP contribution in [0.1, 0.15) is 6.42 Å². The molecule has 0 heterocycles. The zero-order valence-electron chi connectivity index (χ0n) is 5.73. The van der Waals surface area contributed by atoms with E-state index in [1.807, 2.05) is 0 Å². The predicted molar refractivity (Wildman–Crippen MR) is 27.7 cm³/mol. The van der Waals surface area contributed by atoms with Crippen molar-refractivity contribution in [3.8, 4) is 0 Å². The highest BCUT2D eigenvalue weighted by Gasteiger charge is 1.98. The van der Waals surface area contributed by atoms with Crippen LogP contribution in [0, 0.1) is 0 Å². The fraction of sp³-hybridized carbons (Fsp3) is 0.167. The van der Waals surface area contributed by atoms with E-state index in [0.717, 1.165) is 0 Å². The van der Waals surface area contributed by atoms with Gasteiger partial charge in [-0.3, -0.25) is 0 Å². The quantitative estimate of drug-likeness (QED) is 0.393. The summed E-state index contributed by atoms with van der Waals surface area (Å²) in [6.45, 7) is 0. The summed E-state index contributed by atoms with van der Waals surface area (Å²) in [5.74, 6) is -5.37. The minimum Gasteiger partial charge on any atom is -0.550 e. The van der Waals surface area contributed by atoms with E-state index < -0.39 is 29.9 Å². The first-order chi connectivity index (χ1) is 5.43. The van der Waals surface area contributed by atoms with Crippen molar-refractivity contribution in [3.63, 3.8) is 0 Å². The van der Waals surface area contributed by atoms with E-state index in [2.05, 4.69) is 0 Å². The maximum absolute atomic E-state index is 10.0. The van der Waals surface area contributed by atoms with Crippen LogP contribution in [0.5, 0.6) is 0 Å². The summed E-state index contributed by atoms with van der Waals surface area (Å²) in [7, 11) is 0. The number of carboxylic acids is 3. The molecule has 0 fully saturated rings. The molecule has 0 bridgehead atoms. The molecule has 0 aliphatic carbocycles. The summed E-state index contributed by atoms with van der Waals surface area (Å²) >= 11 is 0. The number of carbonyl (C=O) groups excluding carboxylic acids is 3. The Morgan fingerprint density at radius 3 is 1.83 bits per heavy atom. The lowest BCUT2D eigenvalue weighted by Gasteiger charge is -2.09. The molecule has 0 rings (SSSR count). The molecule has 0 N–H and O–H groups in total. The highest BCUT2D eigenvalue weighted by atomic mass is 16.4. The number of hydrogen-bond acceptors (Lipinski definition) is 6. The summed E-state index contributed by atoms with van der Waals surface area (Å²) in [6.07, 6.45) is -0.874. The summed E-state index contributed by atoms with van der Waals surface area (Å²) in [6, 6.07) is 0. The van der Waals surface area contributed by atoms with Crippen molar-refractivity contribution in [1.29, 1.82) is 0 Å². The van der Waals surface area contributed by atoms with Crippen LogP contribution in [0.15, 0.2) is 11.6 Å². The molecule has 0 radical (unpaired) electrons. The van der Waals surface area contributed by atoms with E-state index in [1.54, 1.807) is 0 Å². The predicted octanol–water partition coefficient (Wildman–Crippen LogP) is -4.45. The average Bonchev–Trinajstić information content (AvgIpc) is 1.83. The first-order valence-corrected chi connectivity index (χ1v) is 2.76. The van der Waals surface area contributed by atoms with Gasteiger partial charge in [0, 0.05) is 12.4 Å². The first-order valence-electron chi connectivity index (χ1n) is 2.76. The molecule has 0 amide bonds. The average molecular weight is 171 g/mol. The van der Waals surface area contributed by atoms with Crippen LogP contribution in [0.25, 0.3) is 0 Å². The lowest BCUT2D eigenvalue weighted by Crippen LogP contribution is -2.32.